The van der Waals surface area contributed by atoms with Crippen LogP contribution < -0.4 is 0 Å². The maximum atomic E-state index is 12.1. The topological polar surface area (TPSA) is 3.24 Å². The molecule has 0 bridgehead atoms. The maximum absolute atomic E-state index is 12.1. The third-order valence-electron chi connectivity index (χ3n) is 3.27. The minimum absolute atomic E-state index is 0.568. The van der Waals surface area contributed by atoms with Crippen LogP contribution in [0.1, 0.15) is 19.3 Å². The lowest BCUT2D eigenvalue weighted by Gasteiger charge is -2.23. The number of rotatable bonds is 2. The smallest absolute Gasteiger partial charge is 0.448 e. The highest BCUT2D eigenvalue weighted by atomic mass is 19.4. The summed E-state index contributed by atoms with van der Waals surface area (Å²) in [5.74, 6) is 1.14. The van der Waals surface area contributed by atoms with Crippen LogP contribution in [-0.2, 0) is 0 Å². The fourth-order valence-corrected chi connectivity index (χ4v) is 2.77. The monoisotopic (exact) mass is 192 g/mol. The lowest BCUT2D eigenvalue weighted by molar-refractivity contribution is 0.310. The maximum Gasteiger partial charge on any atom is 0.492 e. The Labute approximate surface area is 76.3 Å². The fraction of sp³-hybridized carbons (Fsp3) is 1.00. The number of fused-ring (bicyclic) bond motifs is 1. The van der Waals surface area contributed by atoms with Crippen LogP contribution in [0.25, 0.3) is 0 Å². The molecule has 0 aromatic heterocycles. The molecule has 76 valence electrons. The minimum Gasteiger partial charge on any atom is -0.448 e. The number of nitrogens with zero attached hydrogens (tertiary/aromatic N) is 1. The highest BCUT2D eigenvalue weighted by molar-refractivity contribution is 6.58. The van der Waals surface area contributed by atoms with Crippen molar-refractivity contribution in [2.75, 3.05) is 19.5 Å². The Balaban J connectivity index is 1.85. The van der Waals surface area contributed by atoms with Gasteiger partial charge in [-0.05, 0) is 44.2 Å². The van der Waals surface area contributed by atoms with Gasteiger partial charge in [-0.3, -0.25) is 0 Å². The zero-order valence-corrected chi connectivity index (χ0v) is 7.56. The summed E-state index contributed by atoms with van der Waals surface area (Å²) in [5, 5.41) is 0. The molecule has 1 aliphatic heterocycles. The quantitative estimate of drug-likeness (QED) is 0.605. The lowest BCUT2D eigenvalue weighted by Crippen LogP contribution is -2.37. The molecule has 1 aliphatic carbocycles. The average Bonchev–Trinajstić information content (AvgIpc) is 2.40. The van der Waals surface area contributed by atoms with Crippen LogP contribution in [0, 0.1) is 11.8 Å². The van der Waals surface area contributed by atoms with E-state index in [2.05, 4.69) is 0 Å². The molecule has 0 aromatic rings. The van der Waals surface area contributed by atoms with E-state index >= 15 is 0 Å². The van der Waals surface area contributed by atoms with E-state index in [0.29, 0.717) is 24.9 Å². The van der Waals surface area contributed by atoms with Crippen molar-refractivity contribution < 1.29 is 12.9 Å². The van der Waals surface area contributed by atoms with E-state index in [-0.39, 0.29) is 0 Å². The molecule has 2 rings (SSSR count). The molecule has 2 aliphatic rings. The molecule has 0 aromatic carbocycles. The number of hydrogen-bond acceptors (Lipinski definition) is 1. The van der Waals surface area contributed by atoms with Crippen molar-refractivity contribution in [1.29, 1.82) is 0 Å². The molecule has 2 unspecified atom stereocenters. The van der Waals surface area contributed by atoms with Crippen molar-refractivity contribution in [3.05, 3.63) is 0 Å². The lowest BCUT2D eigenvalue weighted by atomic mass is 9.91. The van der Waals surface area contributed by atoms with Crippen LogP contribution in [0.5, 0.6) is 0 Å². The van der Waals surface area contributed by atoms with Crippen molar-refractivity contribution in [3.8, 4) is 0 Å². The average molecular weight is 192 g/mol. The zero-order chi connectivity index (χ0) is 9.47. The van der Waals surface area contributed by atoms with Crippen molar-refractivity contribution in [2.45, 2.75) is 19.3 Å². The molecule has 1 nitrogen and oxygen atoms in total. The second kappa shape index (κ2) is 3.19. The Bertz CT molecular complexity index is 182. The first-order valence-electron chi connectivity index (χ1n) is 4.98. The molecule has 1 saturated carbocycles. The van der Waals surface area contributed by atoms with Crippen LogP contribution in [-0.4, -0.2) is 31.4 Å². The normalized spacial score (nSPS) is 35.3. The minimum atomic E-state index is -4.61. The predicted octanol–water partition coefficient (Wildman–Crippen LogP) is 2.10. The molecule has 2 fully saturated rings. The van der Waals surface area contributed by atoms with Gasteiger partial charge in [0.2, 0.25) is 0 Å². The Morgan fingerprint density at radius 2 is 1.62 bits per heavy atom. The van der Waals surface area contributed by atoms with Gasteiger partial charge in [-0.2, -0.15) is 0 Å². The van der Waals surface area contributed by atoms with Crippen LogP contribution in [0.15, 0.2) is 0 Å². The third-order valence-corrected chi connectivity index (χ3v) is 3.27. The first-order chi connectivity index (χ1) is 6.04. The van der Waals surface area contributed by atoms with Crippen LogP contribution in [0.2, 0.25) is 0 Å². The van der Waals surface area contributed by atoms with Crippen molar-refractivity contribution in [1.82, 2.24) is 4.90 Å². The van der Waals surface area contributed by atoms with E-state index in [0.717, 1.165) is 12.8 Å². The van der Waals surface area contributed by atoms with E-state index in [9.17, 15) is 12.9 Å². The Morgan fingerprint density at radius 1 is 1.08 bits per heavy atom. The van der Waals surface area contributed by atoms with Gasteiger partial charge in [0.1, 0.15) is 0 Å². The highest BCUT2D eigenvalue weighted by Crippen LogP contribution is 2.38. The number of halogens is 3. The summed E-state index contributed by atoms with van der Waals surface area (Å²) >= 11 is 0. The van der Waals surface area contributed by atoms with E-state index < -0.39 is 13.4 Å². The molecular weight excluding hydrogens is 178 g/mol. The molecule has 13 heavy (non-hydrogen) atoms. The molecule has 0 radical (unpaired) electrons. The van der Waals surface area contributed by atoms with Crippen molar-refractivity contribution in [3.63, 3.8) is 0 Å². The molecule has 0 spiro atoms. The summed E-state index contributed by atoms with van der Waals surface area (Å²) in [6.07, 6.45) is 2.87. The molecule has 5 heteroatoms. The molecule has 1 heterocycles. The number of likely N-dealkylation sites (tertiary alicyclic amines) is 1. The third kappa shape index (κ3) is 2.19. The van der Waals surface area contributed by atoms with Crippen LogP contribution >= 0.6 is 0 Å². The molecular formula is C8H14BF3N-. The van der Waals surface area contributed by atoms with Gasteiger partial charge < -0.3 is 17.8 Å². The Hall–Kier alpha value is -0.185. The summed E-state index contributed by atoms with van der Waals surface area (Å²) in [7, 11) is 0. The second-order valence-corrected chi connectivity index (χ2v) is 4.38. The summed E-state index contributed by atoms with van der Waals surface area (Å²) < 4.78 is 36.3. The molecule has 0 amide bonds. The first kappa shape index (κ1) is 9.37. The van der Waals surface area contributed by atoms with E-state index in [1.165, 1.54) is 6.42 Å². The first-order valence-corrected chi connectivity index (χ1v) is 4.98. The molecule has 0 N–H and O–H groups in total. The molecule has 1 saturated heterocycles. The largest absolute Gasteiger partial charge is 0.492 e. The predicted molar refractivity (Wildman–Crippen MR) is 46.3 cm³/mol. The van der Waals surface area contributed by atoms with Crippen LogP contribution in [0.3, 0.4) is 0 Å². The van der Waals surface area contributed by atoms with Gasteiger partial charge in [0.05, 0.1) is 0 Å². The standard InChI is InChI=1S/C8H14BF3N/c10-9(11,12)6-13-4-7-2-1-3-8(7)5-13/h7-8H,1-6H2/q-1. The van der Waals surface area contributed by atoms with Crippen LogP contribution in [0.4, 0.5) is 12.9 Å². The summed E-state index contributed by atoms with van der Waals surface area (Å²) in [4.78, 5) is 1.59. The Morgan fingerprint density at radius 3 is 2.08 bits per heavy atom. The zero-order valence-electron chi connectivity index (χ0n) is 7.56. The summed E-state index contributed by atoms with van der Waals surface area (Å²) in [5.41, 5.74) is 0. The van der Waals surface area contributed by atoms with E-state index in [1.54, 1.807) is 4.90 Å². The van der Waals surface area contributed by atoms with Gasteiger partial charge in [0.15, 0.2) is 0 Å². The summed E-state index contributed by atoms with van der Waals surface area (Å²) in [6, 6.07) is 0. The second-order valence-electron chi connectivity index (χ2n) is 4.38. The fourth-order valence-electron chi connectivity index (χ4n) is 2.77. The van der Waals surface area contributed by atoms with Crippen molar-refractivity contribution >= 4 is 6.98 Å². The highest BCUT2D eigenvalue weighted by Gasteiger charge is 2.38. The van der Waals surface area contributed by atoms with Gasteiger partial charge in [-0.15, -0.1) is 0 Å². The summed E-state index contributed by atoms with van der Waals surface area (Å²) in [6.45, 7) is -3.24. The van der Waals surface area contributed by atoms with Gasteiger partial charge in [0, 0.05) is 0 Å². The van der Waals surface area contributed by atoms with Gasteiger partial charge in [-0.25, -0.2) is 0 Å². The van der Waals surface area contributed by atoms with E-state index in [4.69, 9.17) is 0 Å². The van der Waals surface area contributed by atoms with E-state index in [1.807, 2.05) is 0 Å². The Kier molecular flexibility index (Phi) is 2.30. The van der Waals surface area contributed by atoms with Gasteiger partial charge in [-0.1, -0.05) is 6.42 Å². The number of hydrogen-bond donors (Lipinski definition) is 0. The SMILES string of the molecule is F[B-](F)(F)CN1CC2CCCC2C1. The van der Waals surface area contributed by atoms with Crippen molar-refractivity contribution in [2.24, 2.45) is 11.8 Å². The van der Waals surface area contributed by atoms with Gasteiger partial charge >= 0.3 is 6.98 Å². The van der Waals surface area contributed by atoms with Gasteiger partial charge in [0.25, 0.3) is 0 Å². The molecule has 2 atom stereocenters.